The van der Waals surface area contributed by atoms with Crippen molar-refractivity contribution >= 4 is 17.5 Å². The number of halogens is 4. The van der Waals surface area contributed by atoms with Gasteiger partial charge in [-0.3, -0.25) is 9.69 Å². The van der Waals surface area contributed by atoms with E-state index in [9.17, 15) is 18.0 Å². The van der Waals surface area contributed by atoms with Gasteiger partial charge in [0.25, 0.3) is 5.91 Å². The van der Waals surface area contributed by atoms with Gasteiger partial charge in [0.2, 0.25) is 0 Å². The first-order chi connectivity index (χ1) is 9.35. The van der Waals surface area contributed by atoms with Crippen molar-refractivity contribution in [3.8, 4) is 0 Å². The van der Waals surface area contributed by atoms with Gasteiger partial charge >= 0.3 is 6.18 Å². The van der Waals surface area contributed by atoms with E-state index >= 15 is 0 Å². The molecular weight excluding hydrogens is 297 g/mol. The molecule has 1 saturated heterocycles. The van der Waals surface area contributed by atoms with Crippen molar-refractivity contribution in [1.82, 2.24) is 20.0 Å². The number of carbonyl (C=O) groups is 1. The number of rotatable bonds is 2. The number of hydrogen-bond donors (Lipinski definition) is 0. The van der Waals surface area contributed by atoms with Crippen molar-refractivity contribution in [3.05, 3.63) is 23.0 Å². The number of amides is 1. The lowest BCUT2D eigenvalue weighted by atomic mass is 10.2. The van der Waals surface area contributed by atoms with Crippen molar-refractivity contribution in [3.63, 3.8) is 0 Å². The van der Waals surface area contributed by atoms with Crippen molar-refractivity contribution in [2.45, 2.75) is 6.18 Å². The summed E-state index contributed by atoms with van der Waals surface area (Å²) in [7, 11) is 0. The van der Waals surface area contributed by atoms with E-state index in [1.807, 2.05) is 0 Å². The highest BCUT2D eigenvalue weighted by Gasteiger charge is 2.33. The number of hydrogen-bond acceptors (Lipinski definition) is 4. The van der Waals surface area contributed by atoms with Crippen molar-refractivity contribution in [2.75, 3.05) is 32.7 Å². The van der Waals surface area contributed by atoms with Crippen LogP contribution in [0.2, 0.25) is 5.15 Å². The highest BCUT2D eigenvalue weighted by molar-refractivity contribution is 6.29. The standard InChI is InChI=1S/C11H12ClF3N4O/c12-9-2-1-8(16-17-9)10(20)19-5-3-18(4-6-19)7-11(13,14)15/h1-2H,3-7H2. The predicted octanol–water partition coefficient (Wildman–Crippen LogP) is 1.45. The van der Waals surface area contributed by atoms with E-state index < -0.39 is 12.7 Å². The van der Waals surface area contributed by atoms with Gasteiger partial charge in [0, 0.05) is 26.2 Å². The van der Waals surface area contributed by atoms with Gasteiger partial charge in [-0.2, -0.15) is 13.2 Å². The molecule has 1 fully saturated rings. The van der Waals surface area contributed by atoms with Gasteiger partial charge < -0.3 is 4.90 Å². The van der Waals surface area contributed by atoms with E-state index in [0.29, 0.717) is 0 Å². The van der Waals surface area contributed by atoms with E-state index in [1.165, 1.54) is 21.9 Å². The van der Waals surface area contributed by atoms with E-state index in [4.69, 9.17) is 11.6 Å². The Kier molecular flexibility index (Phi) is 4.44. The molecule has 0 bridgehead atoms. The van der Waals surface area contributed by atoms with Crippen molar-refractivity contribution in [2.24, 2.45) is 0 Å². The topological polar surface area (TPSA) is 49.3 Å². The molecule has 0 aromatic carbocycles. The Bertz CT molecular complexity index is 472. The molecule has 1 aromatic heterocycles. The van der Waals surface area contributed by atoms with Crippen LogP contribution < -0.4 is 0 Å². The zero-order valence-corrected chi connectivity index (χ0v) is 11.2. The molecule has 0 atom stereocenters. The maximum Gasteiger partial charge on any atom is 0.401 e. The predicted molar refractivity (Wildman–Crippen MR) is 65.4 cm³/mol. The van der Waals surface area contributed by atoms with Crippen LogP contribution in [0.5, 0.6) is 0 Å². The third-order valence-corrected chi connectivity index (χ3v) is 3.12. The van der Waals surface area contributed by atoms with Crippen LogP contribution >= 0.6 is 11.6 Å². The lowest BCUT2D eigenvalue weighted by molar-refractivity contribution is -0.148. The fourth-order valence-corrected chi connectivity index (χ4v) is 2.06. The second kappa shape index (κ2) is 5.92. The fraction of sp³-hybridized carbons (Fsp3) is 0.545. The quantitative estimate of drug-likeness (QED) is 0.830. The molecule has 1 aliphatic rings. The lowest BCUT2D eigenvalue weighted by Gasteiger charge is -2.34. The van der Waals surface area contributed by atoms with E-state index in [2.05, 4.69) is 10.2 Å². The summed E-state index contributed by atoms with van der Waals surface area (Å²) in [4.78, 5) is 14.8. The third-order valence-electron chi connectivity index (χ3n) is 2.91. The Morgan fingerprint density at radius 3 is 2.35 bits per heavy atom. The Balaban J connectivity index is 1.90. The van der Waals surface area contributed by atoms with E-state index in [1.54, 1.807) is 0 Å². The molecule has 0 spiro atoms. The fourth-order valence-electron chi connectivity index (χ4n) is 1.95. The van der Waals surface area contributed by atoms with Gasteiger partial charge in [-0.25, -0.2) is 0 Å². The van der Waals surface area contributed by atoms with Crippen LogP contribution in [0.4, 0.5) is 13.2 Å². The third kappa shape index (κ3) is 4.04. The number of aromatic nitrogens is 2. The molecule has 0 N–H and O–H groups in total. The van der Waals surface area contributed by atoms with Crippen LogP contribution in [0.25, 0.3) is 0 Å². The molecule has 1 aliphatic heterocycles. The normalized spacial score (nSPS) is 17.3. The maximum atomic E-state index is 12.2. The van der Waals surface area contributed by atoms with Crippen LogP contribution in [-0.2, 0) is 0 Å². The molecule has 5 nitrogen and oxygen atoms in total. The zero-order chi connectivity index (χ0) is 14.8. The second-order valence-corrected chi connectivity index (χ2v) is 4.81. The molecule has 2 heterocycles. The summed E-state index contributed by atoms with van der Waals surface area (Å²) in [5, 5.41) is 7.41. The highest BCUT2D eigenvalue weighted by Crippen LogP contribution is 2.18. The van der Waals surface area contributed by atoms with E-state index in [-0.39, 0.29) is 42.9 Å². The van der Waals surface area contributed by atoms with Gasteiger partial charge in [0.05, 0.1) is 6.54 Å². The molecule has 0 aliphatic carbocycles. The monoisotopic (exact) mass is 308 g/mol. The summed E-state index contributed by atoms with van der Waals surface area (Å²) in [6, 6.07) is 2.89. The zero-order valence-electron chi connectivity index (χ0n) is 10.4. The second-order valence-electron chi connectivity index (χ2n) is 4.42. The van der Waals surface area contributed by atoms with Gasteiger partial charge in [0.1, 0.15) is 0 Å². The molecule has 0 saturated carbocycles. The van der Waals surface area contributed by atoms with Gasteiger partial charge in [-0.15, -0.1) is 10.2 Å². The minimum atomic E-state index is -4.21. The highest BCUT2D eigenvalue weighted by atomic mass is 35.5. The number of piperazine rings is 1. The molecule has 110 valence electrons. The summed E-state index contributed by atoms with van der Waals surface area (Å²) in [5.41, 5.74) is 0.138. The van der Waals surface area contributed by atoms with E-state index in [0.717, 1.165) is 0 Å². The Morgan fingerprint density at radius 2 is 1.85 bits per heavy atom. The molecule has 1 aromatic rings. The SMILES string of the molecule is O=C(c1ccc(Cl)nn1)N1CCN(CC(F)(F)F)CC1. The summed E-state index contributed by atoms with van der Waals surface area (Å²) in [5.74, 6) is -0.346. The van der Waals surface area contributed by atoms with Crippen LogP contribution in [0.15, 0.2) is 12.1 Å². The Labute approximate surface area is 118 Å². The first kappa shape index (κ1) is 15.0. The summed E-state index contributed by atoms with van der Waals surface area (Å²) in [6.45, 7) is -0.104. The van der Waals surface area contributed by atoms with Crippen molar-refractivity contribution < 1.29 is 18.0 Å². The first-order valence-electron chi connectivity index (χ1n) is 5.93. The Hall–Kier alpha value is -1.41. The number of nitrogens with zero attached hydrogens (tertiary/aromatic N) is 4. The molecule has 2 rings (SSSR count). The maximum absolute atomic E-state index is 12.2. The smallest absolute Gasteiger partial charge is 0.335 e. The van der Waals surface area contributed by atoms with Crippen LogP contribution in [0, 0.1) is 0 Å². The summed E-state index contributed by atoms with van der Waals surface area (Å²) in [6.07, 6.45) is -4.21. The summed E-state index contributed by atoms with van der Waals surface area (Å²) < 4.78 is 36.7. The van der Waals surface area contributed by atoms with Crippen LogP contribution in [0.3, 0.4) is 0 Å². The van der Waals surface area contributed by atoms with Crippen molar-refractivity contribution in [1.29, 1.82) is 0 Å². The minimum absolute atomic E-state index is 0.138. The summed E-state index contributed by atoms with van der Waals surface area (Å²) >= 11 is 5.57. The van der Waals surface area contributed by atoms with Crippen LogP contribution in [-0.4, -0.2) is 64.8 Å². The molecule has 0 radical (unpaired) electrons. The molecular formula is C11H12ClF3N4O. The average Bonchev–Trinajstić information content (AvgIpc) is 2.38. The molecule has 20 heavy (non-hydrogen) atoms. The number of alkyl halides is 3. The van der Waals surface area contributed by atoms with Gasteiger partial charge in [-0.05, 0) is 12.1 Å². The number of carbonyl (C=O) groups excluding carboxylic acids is 1. The first-order valence-corrected chi connectivity index (χ1v) is 6.30. The van der Waals surface area contributed by atoms with Crippen LogP contribution in [0.1, 0.15) is 10.5 Å². The van der Waals surface area contributed by atoms with Gasteiger partial charge in [-0.1, -0.05) is 11.6 Å². The molecule has 0 unspecified atom stereocenters. The molecule has 9 heteroatoms. The Morgan fingerprint density at radius 1 is 1.20 bits per heavy atom. The van der Waals surface area contributed by atoms with Gasteiger partial charge in [0.15, 0.2) is 10.8 Å². The minimum Gasteiger partial charge on any atom is -0.335 e. The lowest BCUT2D eigenvalue weighted by Crippen LogP contribution is -2.51. The largest absolute Gasteiger partial charge is 0.401 e. The molecule has 1 amide bonds. The average molecular weight is 309 g/mol.